The van der Waals surface area contributed by atoms with Crippen molar-refractivity contribution in [2.75, 3.05) is 0 Å². The maximum absolute atomic E-state index is 12.4. The van der Waals surface area contributed by atoms with Crippen LogP contribution in [0.2, 0.25) is 0 Å². The van der Waals surface area contributed by atoms with Crippen LogP contribution >= 0.6 is 7.37 Å². The summed E-state index contributed by atoms with van der Waals surface area (Å²) in [7, 11) is -4.26. The fourth-order valence-electron chi connectivity index (χ4n) is 1.91. The Hall–Kier alpha value is -2.29. The Morgan fingerprint density at radius 1 is 0.952 bits per heavy atom. The smallest absolute Gasteiger partial charge is 0.298 e. The lowest BCUT2D eigenvalue weighted by Gasteiger charge is -2.12. The van der Waals surface area contributed by atoms with Gasteiger partial charge in [-0.1, -0.05) is 49.0 Å². The summed E-state index contributed by atoms with van der Waals surface area (Å²) in [5.74, 6) is -0.466. The van der Waals surface area contributed by atoms with Gasteiger partial charge in [0.1, 0.15) is 0 Å². The quantitative estimate of drug-likeness (QED) is 0.523. The van der Waals surface area contributed by atoms with Gasteiger partial charge in [0.2, 0.25) is 0 Å². The van der Waals surface area contributed by atoms with E-state index in [1.54, 1.807) is 24.3 Å². The summed E-state index contributed by atoms with van der Waals surface area (Å²) in [5, 5.41) is 0.0378. The van der Waals surface area contributed by atoms with Gasteiger partial charge in [-0.2, -0.15) is 0 Å². The molecule has 4 nitrogen and oxygen atoms in total. The zero-order valence-corrected chi connectivity index (χ0v) is 12.0. The van der Waals surface area contributed by atoms with Gasteiger partial charge >= 0.3 is 0 Å². The third-order valence-electron chi connectivity index (χ3n) is 2.99. The molecule has 0 heterocycles. The highest BCUT2D eigenvalue weighted by atomic mass is 31.2. The van der Waals surface area contributed by atoms with Crippen LogP contribution in [-0.4, -0.2) is 16.2 Å². The average Bonchev–Trinajstić information content (AvgIpc) is 2.54. The Morgan fingerprint density at radius 3 is 2.05 bits per heavy atom. The lowest BCUT2D eigenvalue weighted by molar-refractivity contribution is 0.102. The zero-order chi connectivity index (χ0) is 15.5. The maximum atomic E-state index is 12.4. The minimum atomic E-state index is -4.26. The lowest BCUT2D eigenvalue weighted by Crippen LogP contribution is -2.15. The van der Waals surface area contributed by atoms with Crippen molar-refractivity contribution in [3.63, 3.8) is 0 Å². The standard InChI is InChI=1S/C16H13O4P/c1-2-15(17)13-10-6-7-11-14(13)16(18)21(19,20)12-8-4-3-5-9-12/h2-11H,1H2,(H,19,20). The van der Waals surface area contributed by atoms with Crippen molar-refractivity contribution in [1.29, 1.82) is 0 Å². The first-order valence-corrected chi connectivity index (χ1v) is 7.83. The summed E-state index contributed by atoms with van der Waals surface area (Å²) in [6.45, 7) is 3.37. The maximum Gasteiger partial charge on any atom is 0.298 e. The molecule has 0 aliphatic heterocycles. The molecule has 106 valence electrons. The van der Waals surface area contributed by atoms with Crippen molar-refractivity contribution in [3.8, 4) is 0 Å². The van der Waals surface area contributed by atoms with E-state index >= 15 is 0 Å². The van der Waals surface area contributed by atoms with Gasteiger partial charge in [0, 0.05) is 16.4 Å². The molecule has 0 bridgehead atoms. The summed E-state index contributed by atoms with van der Waals surface area (Å²) < 4.78 is 12.4. The predicted octanol–water partition coefficient (Wildman–Crippen LogP) is 2.79. The van der Waals surface area contributed by atoms with Crippen LogP contribution in [0.1, 0.15) is 20.7 Å². The van der Waals surface area contributed by atoms with Crippen LogP contribution in [0.15, 0.2) is 67.3 Å². The van der Waals surface area contributed by atoms with Gasteiger partial charge in [0.25, 0.3) is 12.9 Å². The summed E-state index contributed by atoms with van der Waals surface area (Å²) >= 11 is 0. The fraction of sp³-hybridized carbons (Fsp3) is 0. The minimum absolute atomic E-state index is 0.0378. The number of carbonyl (C=O) groups excluding carboxylic acids is 2. The largest absolute Gasteiger partial charge is 0.336 e. The molecule has 1 N–H and O–H groups in total. The molecule has 0 aromatic heterocycles. The molecule has 0 saturated carbocycles. The van der Waals surface area contributed by atoms with Crippen molar-refractivity contribution < 1.29 is 19.0 Å². The van der Waals surface area contributed by atoms with Crippen LogP contribution in [0.3, 0.4) is 0 Å². The number of ketones is 1. The topological polar surface area (TPSA) is 71.4 Å². The molecule has 0 aliphatic rings. The van der Waals surface area contributed by atoms with Crippen molar-refractivity contribution in [2.45, 2.75) is 0 Å². The van der Waals surface area contributed by atoms with Crippen molar-refractivity contribution in [2.24, 2.45) is 0 Å². The third kappa shape index (κ3) is 2.92. The lowest BCUT2D eigenvalue weighted by atomic mass is 10.0. The monoisotopic (exact) mass is 300 g/mol. The highest BCUT2D eigenvalue weighted by Gasteiger charge is 2.34. The second kappa shape index (κ2) is 6.00. The Kier molecular flexibility index (Phi) is 4.32. The number of allylic oxidation sites excluding steroid dienone is 1. The van der Waals surface area contributed by atoms with Crippen molar-refractivity contribution >= 4 is 24.0 Å². The molecule has 1 atom stereocenters. The first-order valence-electron chi connectivity index (χ1n) is 6.17. The highest BCUT2D eigenvalue weighted by Crippen LogP contribution is 2.43. The molecule has 0 aliphatic carbocycles. The van der Waals surface area contributed by atoms with Crippen LogP contribution in [-0.2, 0) is 4.57 Å². The summed E-state index contributed by atoms with van der Waals surface area (Å²) in [6.07, 6.45) is 1.07. The summed E-state index contributed by atoms with van der Waals surface area (Å²) in [5.41, 5.74) is -0.959. The number of hydrogen-bond donors (Lipinski definition) is 1. The van der Waals surface area contributed by atoms with Gasteiger partial charge in [-0.3, -0.25) is 14.2 Å². The number of carbonyl (C=O) groups is 2. The van der Waals surface area contributed by atoms with Gasteiger partial charge in [-0.05, 0) is 18.2 Å². The van der Waals surface area contributed by atoms with Crippen LogP contribution < -0.4 is 5.30 Å². The van der Waals surface area contributed by atoms with Crippen molar-refractivity contribution in [3.05, 3.63) is 78.4 Å². The summed E-state index contributed by atoms with van der Waals surface area (Å²) in [6, 6.07) is 13.6. The number of benzene rings is 2. The molecule has 0 radical (unpaired) electrons. The van der Waals surface area contributed by atoms with Crippen LogP contribution in [0.5, 0.6) is 0 Å². The van der Waals surface area contributed by atoms with E-state index in [1.807, 2.05) is 0 Å². The molecule has 1 unspecified atom stereocenters. The van der Waals surface area contributed by atoms with Crippen LogP contribution in [0, 0.1) is 0 Å². The van der Waals surface area contributed by atoms with Gasteiger partial charge in [0.15, 0.2) is 5.78 Å². The Balaban J connectivity index is 2.53. The van der Waals surface area contributed by atoms with E-state index < -0.39 is 18.7 Å². The SMILES string of the molecule is C=CC(=O)c1ccccc1C(=O)P(=O)(O)c1ccccc1. The van der Waals surface area contributed by atoms with Crippen LogP contribution in [0.4, 0.5) is 0 Å². The molecular weight excluding hydrogens is 287 g/mol. The van der Waals surface area contributed by atoms with Gasteiger partial charge < -0.3 is 4.89 Å². The Morgan fingerprint density at radius 2 is 1.48 bits per heavy atom. The van der Waals surface area contributed by atoms with Gasteiger partial charge in [-0.15, -0.1) is 0 Å². The van der Waals surface area contributed by atoms with E-state index in [0.717, 1.165) is 6.08 Å². The number of hydrogen-bond acceptors (Lipinski definition) is 3. The van der Waals surface area contributed by atoms with E-state index in [9.17, 15) is 19.0 Å². The molecule has 2 rings (SSSR count). The molecule has 0 spiro atoms. The normalized spacial score (nSPS) is 13.2. The van der Waals surface area contributed by atoms with E-state index in [1.165, 1.54) is 30.3 Å². The first-order chi connectivity index (χ1) is 9.98. The van der Waals surface area contributed by atoms with Crippen molar-refractivity contribution in [1.82, 2.24) is 0 Å². The number of rotatable bonds is 5. The average molecular weight is 300 g/mol. The summed E-state index contributed by atoms with van der Waals surface area (Å²) in [4.78, 5) is 34.3. The van der Waals surface area contributed by atoms with E-state index in [2.05, 4.69) is 6.58 Å². The molecule has 0 amide bonds. The van der Waals surface area contributed by atoms with E-state index in [4.69, 9.17) is 0 Å². The molecule has 5 heteroatoms. The van der Waals surface area contributed by atoms with Gasteiger partial charge in [0.05, 0.1) is 0 Å². The third-order valence-corrected chi connectivity index (χ3v) is 4.78. The minimum Gasteiger partial charge on any atom is -0.336 e. The van der Waals surface area contributed by atoms with E-state index in [-0.39, 0.29) is 16.4 Å². The molecule has 2 aromatic carbocycles. The highest BCUT2D eigenvalue weighted by molar-refractivity contribution is 7.82. The van der Waals surface area contributed by atoms with Gasteiger partial charge in [-0.25, -0.2) is 0 Å². The first kappa shape index (κ1) is 15.1. The second-order valence-corrected chi connectivity index (χ2v) is 6.41. The second-order valence-electron chi connectivity index (χ2n) is 4.33. The molecule has 0 saturated heterocycles. The Bertz CT molecular complexity index is 750. The molecular formula is C16H13O4P. The van der Waals surface area contributed by atoms with E-state index in [0.29, 0.717) is 0 Å². The zero-order valence-electron chi connectivity index (χ0n) is 11.1. The van der Waals surface area contributed by atoms with Crippen LogP contribution in [0.25, 0.3) is 0 Å². The Labute approximate surface area is 122 Å². The molecule has 21 heavy (non-hydrogen) atoms. The fourth-order valence-corrected chi connectivity index (χ4v) is 3.24. The molecule has 0 fully saturated rings. The molecule has 2 aromatic rings. The predicted molar refractivity (Wildman–Crippen MR) is 81.2 cm³/mol.